The lowest BCUT2D eigenvalue weighted by molar-refractivity contribution is -0.142. The quantitative estimate of drug-likeness (QED) is 0.787. The van der Waals surface area contributed by atoms with Crippen LogP contribution in [0.2, 0.25) is 0 Å². The number of ether oxygens (including phenoxy) is 1. The van der Waals surface area contributed by atoms with Crippen LogP contribution in [-0.4, -0.2) is 25.0 Å². The maximum Gasteiger partial charge on any atom is 0.302 e. The van der Waals surface area contributed by atoms with Crippen molar-refractivity contribution in [3.05, 3.63) is 59.7 Å². The van der Waals surface area contributed by atoms with E-state index >= 15 is 0 Å². The fourth-order valence-corrected chi connectivity index (χ4v) is 2.15. The van der Waals surface area contributed by atoms with Crippen LogP contribution in [0.3, 0.4) is 0 Å². The van der Waals surface area contributed by atoms with E-state index in [-0.39, 0.29) is 5.97 Å². The third-order valence-electron chi connectivity index (χ3n) is 3.18. The number of nitrogens with zero attached hydrogens (tertiary/aromatic N) is 1. The predicted octanol–water partition coefficient (Wildman–Crippen LogP) is 3.48. The molecule has 3 nitrogen and oxygen atoms in total. The molecule has 2 aromatic rings. The summed E-state index contributed by atoms with van der Waals surface area (Å²) in [5.74, 6) is -0.254. The second-order valence-corrected chi connectivity index (χ2v) is 5.41. The van der Waals surface area contributed by atoms with E-state index in [1.54, 1.807) is 0 Å². The van der Waals surface area contributed by atoms with Gasteiger partial charge in [-0.15, -0.1) is 0 Å². The van der Waals surface area contributed by atoms with Crippen LogP contribution in [0.4, 0.5) is 0 Å². The van der Waals surface area contributed by atoms with Crippen LogP contribution in [0.5, 0.6) is 0 Å². The molecule has 0 spiro atoms. The number of esters is 1. The SMILES string of the molecule is CC(=O)OCc1ccc(-c2ccc(CN(C)C)cc2)cc1. The van der Waals surface area contributed by atoms with Crippen molar-refractivity contribution in [2.75, 3.05) is 14.1 Å². The molecule has 3 heteroatoms. The Bertz CT molecular complexity index is 586. The fraction of sp³-hybridized carbons (Fsp3) is 0.278. The molecule has 0 aliphatic heterocycles. The van der Waals surface area contributed by atoms with Gasteiger partial charge in [0.2, 0.25) is 0 Å². The van der Waals surface area contributed by atoms with Gasteiger partial charge in [-0.25, -0.2) is 0 Å². The number of hydrogen-bond acceptors (Lipinski definition) is 3. The topological polar surface area (TPSA) is 29.5 Å². The maximum absolute atomic E-state index is 10.8. The van der Waals surface area contributed by atoms with Gasteiger partial charge in [0.15, 0.2) is 0 Å². The molecule has 0 aliphatic rings. The summed E-state index contributed by atoms with van der Waals surface area (Å²) < 4.78 is 4.98. The van der Waals surface area contributed by atoms with Crippen LogP contribution in [0.25, 0.3) is 11.1 Å². The summed E-state index contributed by atoms with van der Waals surface area (Å²) in [6, 6.07) is 16.7. The van der Waals surface area contributed by atoms with E-state index in [1.807, 2.05) is 12.1 Å². The number of hydrogen-bond donors (Lipinski definition) is 0. The minimum Gasteiger partial charge on any atom is -0.461 e. The molecule has 2 rings (SSSR count). The van der Waals surface area contributed by atoms with E-state index in [2.05, 4.69) is 55.4 Å². The largest absolute Gasteiger partial charge is 0.461 e. The Hall–Kier alpha value is -2.13. The summed E-state index contributed by atoms with van der Waals surface area (Å²) in [5.41, 5.74) is 4.66. The summed E-state index contributed by atoms with van der Waals surface area (Å²) in [4.78, 5) is 12.9. The summed E-state index contributed by atoms with van der Waals surface area (Å²) in [5, 5.41) is 0. The summed E-state index contributed by atoms with van der Waals surface area (Å²) in [6.07, 6.45) is 0. The van der Waals surface area contributed by atoms with Crippen molar-refractivity contribution < 1.29 is 9.53 Å². The normalized spacial score (nSPS) is 10.7. The first-order valence-corrected chi connectivity index (χ1v) is 7.01. The number of carbonyl (C=O) groups is 1. The molecule has 0 bridgehead atoms. The maximum atomic E-state index is 10.8. The predicted molar refractivity (Wildman–Crippen MR) is 84.7 cm³/mol. The molecular weight excluding hydrogens is 262 g/mol. The van der Waals surface area contributed by atoms with Gasteiger partial charge < -0.3 is 9.64 Å². The van der Waals surface area contributed by atoms with E-state index in [0.717, 1.165) is 17.7 Å². The van der Waals surface area contributed by atoms with Crippen molar-refractivity contribution in [2.24, 2.45) is 0 Å². The van der Waals surface area contributed by atoms with Crippen molar-refractivity contribution in [1.82, 2.24) is 4.90 Å². The standard InChI is InChI=1S/C18H21NO2/c1-14(20)21-13-16-6-10-18(11-7-16)17-8-4-15(5-9-17)12-19(2)3/h4-11H,12-13H2,1-3H3. The minimum atomic E-state index is -0.254. The van der Waals surface area contributed by atoms with Crippen molar-refractivity contribution >= 4 is 5.97 Å². The average Bonchev–Trinajstić information content (AvgIpc) is 2.46. The molecular formula is C18H21NO2. The smallest absolute Gasteiger partial charge is 0.302 e. The highest BCUT2D eigenvalue weighted by Crippen LogP contribution is 2.21. The molecule has 0 radical (unpaired) electrons. The third kappa shape index (κ3) is 4.72. The minimum absolute atomic E-state index is 0.254. The highest BCUT2D eigenvalue weighted by molar-refractivity contribution is 5.66. The Morgan fingerprint density at radius 2 is 1.38 bits per heavy atom. The van der Waals surface area contributed by atoms with Crippen LogP contribution in [0, 0.1) is 0 Å². The van der Waals surface area contributed by atoms with Gasteiger partial charge in [-0.05, 0) is 36.3 Å². The summed E-state index contributed by atoms with van der Waals surface area (Å²) >= 11 is 0. The van der Waals surface area contributed by atoms with E-state index < -0.39 is 0 Å². The number of carbonyl (C=O) groups excluding carboxylic acids is 1. The van der Waals surface area contributed by atoms with E-state index in [4.69, 9.17) is 4.74 Å². The van der Waals surface area contributed by atoms with Gasteiger partial charge in [0.25, 0.3) is 0 Å². The lowest BCUT2D eigenvalue weighted by Crippen LogP contribution is -2.10. The van der Waals surface area contributed by atoms with Crippen molar-refractivity contribution in [1.29, 1.82) is 0 Å². The van der Waals surface area contributed by atoms with E-state index in [1.165, 1.54) is 18.1 Å². The number of benzene rings is 2. The Morgan fingerprint density at radius 3 is 1.81 bits per heavy atom. The van der Waals surface area contributed by atoms with Crippen LogP contribution in [0.1, 0.15) is 18.1 Å². The average molecular weight is 283 g/mol. The molecule has 0 N–H and O–H groups in total. The molecule has 110 valence electrons. The molecule has 0 heterocycles. The molecule has 0 saturated carbocycles. The molecule has 0 saturated heterocycles. The Labute approximate surface area is 126 Å². The molecule has 0 aliphatic carbocycles. The first-order chi connectivity index (χ1) is 10.0. The molecule has 0 unspecified atom stereocenters. The Morgan fingerprint density at radius 1 is 0.905 bits per heavy atom. The zero-order chi connectivity index (χ0) is 15.2. The fourth-order valence-electron chi connectivity index (χ4n) is 2.15. The molecule has 0 atom stereocenters. The lowest BCUT2D eigenvalue weighted by atomic mass is 10.0. The highest BCUT2D eigenvalue weighted by Gasteiger charge is 2.01. The number of rotatable bonds is 5. The van der Waals surface area contributed by atoms with Crippen molar-refractivity contribution in [3.8, 4) is 11.1 Å². The van der Waals surface area contributed by atoms with Gasteiger partial charge in [-0.3, -0.25) is 4.79 Å². The molecule has 21 heavy (non-hydrogen) atoms. The van der Waals surface area contributed by atoms with Crippen LogP contribution in [-0.2, 0) is 22.7 Å². The van der Waals surface area contributed by atoms with E-state index in [9.17, 15) is 4.79 Å². The zero-order valence-corrected chi connectivity index (χ0v) is 12.8. The van der Waals surface area contributed by atoms with Crippen LogP contribution in [0.15, 0.2) is 48.5 Å². The van der Waals surface area contributed by atoms with Crippen LogP contribution >= 0.6 is 0 Å². The highest BCUT2D eigenvalue weighted by atomic mass is 16.5. The van der Waals surface area contributed by atoms with Gasteiger partial charge in [-0.1, -0.05) is 48.5 Å². The molecule has 0 aromatic heterocycles. The first-order valence-electron chi connectivity index (χ1n) is 7.01. The second-order valence-electron chi connectivity index (χ2n) is 5.41. The van der Waals surface area contributed by atoms with Crippen LogP contribution < -0.4 is 0 Å². The van der Waals surface area contributed by atoms with E-state index in [0.29, 0.717) is 6.61 Å². The lowest BCUT2D eigenvalue weighted by Gasteiger charge is -2.10. The Balaban J connectivity index is 2.06. The summed E-state index contributed by atoms with van der Waals surface area (Å²) in [6.45, 7) is 2.70. The van der Waals surface area contributed by atoms with Gasteiger partial charge in [-0.2, -0.15) is 0 Å². The first kappa shape index (κ1) is 15.3. The third-order valence-corrected chi connectivity index (χ3v) is 3.18. The summed E-state index contributed by atoms with van der Waals surface area (Å²) in [7, 11) is 4.13. The monoisotopic (exact) mass is 283 g/mol. The zero-order valence-electron chi connectivity index (χ0n) is 12.8. The Kier molecular flexibility index (Phi) is 5.12. The molecule has 0 amide bonds. The van der Waals surface area contributed by atoms with Crippen molar-refractivity contribution in [2.45, 2.75) is 20.1 Å². The van der Waals surface area contributed by atoms with Gasteiger partial charge in [0.05, 0.1) is 0 Å². The van der Waals surface area contributed by atoms with Gasteiger partial charge in [0.1, 0.15) is 6.61 Å². The molecule has 2 aromatic carbocycles. The van der Waals surface area contributed by atoms with Crippen molar-refractivity contribution in [3.63, 3.8) is 0 Å². The molecule has 0 fully saturated rings. The van der Waals surface area contributed by atoms with Gasteiger partial charge in [0, 0.05) is 13.5 Å². The second kappa shape index (κ2) is 7.04. The van der Waals surface area contributed by atoms with Gasteiger partial charge >= 0.3 is 5.97 Å².